The predicted octanol–water partition coefficient (Wildman–Crippen LogP) is 4.90. The Labute approximate surface area is 188 Å². The molecule has 6 atom stereocenters. The van der Waals surface area contributed by atoms with Gasteiger partial charge in [-0.05, 0) is 81.9 Å². The molecule has 32 heavy (non-hydrogen) atoms. The lowest BCUT2D eigenvalue weighted by Gasteiger charge is -2.63. The van der Waals surface area contributed by atoms with Gasteiger partial charge >= 0.3 is 5.63 Å². The van der Waals surface area contributed by atoms with Crippen LogP contribution in [0, 0.1) is 36.5 Å². The maximum absolute atomic E-state index is 12.8. The first-order chi connectivity index (χ1) is 15.0. The Hall–Kier alpha value is -2.40. The van der Waals surface area contributed by atoms with E-state index < -0.39 is 22.7 Å². The largest absolute Gasteiger partial charge is 0.478 e. The van der Waals surface area contributed by atoms with Gasteiger partial charge in [-0.25, -0.2) is 4.79 Å². The van der Waals surface area contributed by atoms with Gasteiger partial charge in [0, 0.05) is 11.0 Å². The lowest BCUT2D eigenvalue weighted by atomic mass is 9.43. The van der Waals surface area contributed by atoms with E-state index in [1.807, 2.05) is 13.8 Å². The molecule has 1 spiro atoms. The van der Waals surface area contributed by atoms with Gasteiger partial charge in [0.25, 0.3) is 0 Å². The summed E-state index contributed by atoms with van der Waals surface area (Å²) in [6.07, 6.45) is 9.17. The minimum absolute atomic E-state index is 0.0327. The van der Waals surface area contributed by atoms with Crippen molar-refractivity contribution in [3.05, 3.63) is 62.8 Å². The van der Waals surface area contributed by atoms with Crippen LogP contribution in [-0.4, -0.2) is 16.5 Å². The molecule has 1 fully saturated rings. The third-order valence-electron chi connectivity index (χ3n) is 9.34. The Balaban J connectivity index is 1.72. The summed E-state index contributed by atoms with van der Waals surface area (Å²) < 4.78 is 12.2. The molecule has 1 saturated carbocycles. The molecule has 170 valence electrons. The first-order valence-electron chi connectivity index (χ1n) is 11.6. The number of carbonyl (C=O) groups is 1. The molecule has 1 N–H and O–H groups in total. The Kier molecular flexibility index (Phi) is 4.40. The Morgan fingerprint density at radius 3 is 2.56 bits per heavy atom. The van der Waals surface area contributed by atoms with Gasteiger partial charge in [-0.3, -0.25) is 4.79 Å². The van der Waals surface area contributed by atoms with Crippen LogP contribution < -0.4 is 10.4 Å². The van der Waals surface area contributed by atoms with E-state index in [1.165, 1.54) is 0 Å². The highest BCUT2D eigenvalue weighted by atomic mass is 16.5. The van der Waals surface area contributed by atoms with Crippen molar-refractivity contribution in [2.75, 3.05) is 0 Å². The second kappa shape index (κ2) is 6.57. The number of fused-ring (bicyclic) bond motifs is 5. The van der Waals surface area contributed by atoms with Gasteiger partial charge < -0.3 is 14.3 Å². The highest BCUT2D eigenvalue weighted by molar-refractivity contribution is 6.00. The van der Waals surface area contributed by atoms with E-state index in [1.54, 1.807) is 19.1 Å². The molecular weight excluding hydrogens is 404 g/mol. The van der Waals surface area contributed by atoms with Crippen molar-refractivity contribution in [3.63, 3.8) is 0 Å². The summed E-state index contributed by atoms with van der Waals surface area (Å²) in [5, 5.41) is 11.7. The number of carbonyl (C=O) groups excluding carboxylic acids is 1. The summed E-state index contributed by atoms with van der Waals surface area (Å²) in [4.78, 5) is 25.2. The van der Waals surface area contributed by atoms with Crippen molar-refractivity contribution >= 4 is 5.78 Å². The molecule has 3 aliphatic carbocycles. The van der Waals surface area contributed by atoms with Crippen molar-refractivity contribution < 1.29 is 19.1 Å². The minimum Gasteiger partial charge on any atom is -0.478 e. The maximum Gasteiger partial charge on any atom is 0.345 e. The number of aliphatic hydroxyl groups excluding tert-OH is 1. The van der Waals surface area contributed by atoms with Gasteiger partial charge in [0.15, 0.2) is 11.4 Å². The summed E-state index contributed by atoms with van der Waals surface area (Å²) in [6, 6.07) is 0. The van der Waals surface area contributed by atoms with E-state index in [-0.39, 0.29) is 28.6 Å². The van der Waals surface area contributed by atoms with Crippen molar-refractivity contribution in [2.24, 2.45) is 22.7 Å². The lowest BCUT2D eigenvalue weighted by Crippen LogP contribution is -2.64. The topological polar surface area (TPSA) is 76.7 Å². The standard InChI is InChI=1S/C27H32O5/c1-14-13-18(28)9-11-25(5)19(14)10-12-26(6)20(25)8-7-15(2)27(26)23(29)21-22(32-27)16(3)17(4)31-24(21)30/h7,9,11,13,19-20,23,29H,8,10,12H2,1-6H3/t19-,20+,23-,25-,26+,27+/m0/s1. The zero-order valence-corrected chi connectivity index (χ0v) is 19.7. The highest BCUT2D eigenvalue weighted by Crippen LogP contribution is 2.69. The zero-order valence-electron chi connectivity index (χ0n) is 19.7. The fourth-order valence-electron chi connectivity index (χ4n) is 7.54. The molecule has 0 aromatic carbocycles. The Morgan fingerprint density at radius 2 is 1.84 bits per heavy atom. The van der Waals surface area contributed by atoms with Crippen LogP contribution in [0.2, 0.25) is 0 Å². The van der Waals surface area contributed by atoms with Crippen LogP contribution in [0.1, 0.15) is 69.9 Å². The molecule has 0 amide bonds. The monoisotopic (exact) mass is 436 g/mol. The number of hydrogen-bond acceptors (Lipinski definition) is 5. The van der Waals surface area contributed by atoms with Gasteiger partial charge in [-0.2, -0.15) is 0 Å². The number of hydrogen-bond donors (Lipinski definition) is 1. The van der Waals surface area contributed by atoms with Crippen LogP contribution in [0.5, 0.6) is 5.75 Å². The molecule has 2 heterocycles. The third kappa shape index (κ3) is 2.38. The zero-order chi connectivity index (χ0) is 23.2. The molecule has 1 aromatic rings. The number of rotatable bonds is 0. The van der Waals surface area contributed by atoms with E-state index in [9.17, 15) is 14.7 Å². The second-order valence-electron chi connectivity index (χ2n) is 10.7. The van der Waals surface area contributed by atoms with Crippen LogP contribution in [-0.2, 0) is 4.79 Å². The molecule has 1 aromatic heterocycles. The molecule has 5 rings (SSSR count). The number of allylic oxidation sites excluding steroid dienone is 5. The number of aliphatic hydroxyl groups is 1. The summed E-state index contributed by atoms with van der Waals surface area (Å²) in [5.41, 5.74) is 0.793. The lowest BCUT2D eigenvalue weighted by molar-refractivity contribution is -0.167. The molecule has 4 aliphatic rings. The molecule has 0 unspecified atom stereocenters. The third-order valence-corrected chi connectivity index (χ3v) is 9.34. The van der Waals surface area contributed by atoms with Crippen LogP contribution in [0.3, 0.4) is 0 Å². The van der Waals surface area contributed by atoms with Gasteiger partial charge in [0.2, 0.25) is 0 Å². The number of ketones is 1. The van der Waals surface area contributed by atoms with E-state index in [4.69, 9.17) is 9.15 Å². The van der Waals surface area contributed by atoms with Crippen LogP contribution in [0.25, 0.3) is 0 Å². The summed E-state index contributed by atoms with van der Waals surface area (Å²) >= 11 is 0. The minimum atomic E-state index is -1.11. The number of aryl methyl sites for hydroxylation is 1. The smallest absolute Gasteiger partial charge is 0.345 e. The van der Waals surface area contributed by atoms with Crippen molar-refractivity contribution in [1.29, 1.82) is 0 Å². The van der Waals surface area contributed by atoms with E-state index in [0.29, 0.717) is 11.5 Å². The fraction of sp³-hybridized carbons (Fsp3) is 0.556. The first kappa shape index (κ1) is 21.4. The normalized spacial score (nSPS) is 40.1. The van der Waals surface area contributed by atoms with Gasteiger partial charge in [0.1, 0.15) is 23.2 Å². The molecule has 0 bridgehead atoms. The number of ether oxygens (including phenoxy) is 1. The van der Waals surface area contributed by atoms with Crippen LogP contribution >= 0.6 is 0 Å². The van der Waals surface area contributed by atoms with Gasteiger partial charge in [-0.1, -0.05) is 31.6 Å². The molecular formula is C27H32O5. The average Bonchev–Trinajstić information content (AvgIpc) is 2.98. The molecule has 5 nitrogen and oxygen atoms in total. The second-order valence-corrected chi connectivity index (χ2v) is 10.7. The van der Waals surface area contributed by atoms with Crippen LogP contribution in [0.4, 0.5) is 0 Å². The van der Waals surface area contributed by atoms with E-state index in [2.05, 4.69) is 32.9 Å². The molecule has 0 saturated heterocycles. The van der Waals surface area contributed by atoms with E-state index in [0.717, 1.165) is 36.0 Å². The average molecular weight is 437 g/mol. The molecule has 5 heteroatoms. The Bertz CT molecular complexity index is 1180. The van der Waals surface area contributed by atoms with E-state index >= 15 is 0 Å². The summed E-state index contributed by atoms with van der Waals surface area (Å²) in [5.74, 6) is 1.39. The van der Waals surface area contributed by atoms with Gasteiger partial charge in [-0.15, -0.1) is 0 Å². The fourth-order valence-corrected chi connectivity index (χ4v) is 7.54. The molecule has 1 aliphatic heterocycles. The first-order valence-corrected chi connectivity index (χ1v) is 11.6. The quantitative estimate of drug-likeness (QED) is 0.586. The van der Waals surface area contributed by atoms with Crippen molar-refractivity contribution in [3.8, 4) is 5.75 Å². The molecule has 0 radical (unpaired) electrons. The summed E-state index contributed by atoms with van der Waals surface area (Å²) in [6.45, 7) is 12.1. The SMILES string of the molecule is CC1=CC(=O)C=C[C@]2(C)[C@H]3CC=C(C)[C@]4(Oc5c(C)c(C)oc(=O)c5[C@@H]4O)[C@]3(C)CC[C@@H]12. The summed E-state index contributed by atoms with van der Waals surface area (Å²) in [7, 11) is 0. The van der Waals surface area contributed by atoms with Crippen molar-refractivity contribution in [2.45, 2.75) is 72.5 Å². The Morgan fingerprint density at radius 1 is 1.12 bits per heavy atom. The van der Waals surface area contributed by atoms with Gasteiger partial charge in [0.05, 0.1) is 0 Å². The highest BCUT2D eigenvalue weighted by Gasteiger charge is 2.69. The van der Waals surface area contributed by atoms with Crippen LogP contribution in [0.15, 0.2) is 44.7 Å². The maximum atomic E-state index is 12.8. The predicted molar refractivity (Wildman–Crippen MR) is 121 cm³/mol. The van der Waals surface area contributed by atoms with Crippen molar-refractivity contribution in [1.82, 2.24) is 0 Å².